The molecule has 1 unspecified atom stereocenters. The van der Waals surface area contributed by atoms with Crippen LogP contribution in [0.3, 0.4) is 0 Å². The molecule has 0 spiro atoms. The smallest absolute Gasteiger partial charge is 0.169 e. The predicted octanol–water partition coefficient (Wildman–Crippen LogP) is 2.99. The van der Waals surface area contributed by atoms with Gasteiger partial charge in [-0.05, 0) is 66.8 Å². The summed E-state index contributed by atoms with van der Waals surface area (Å²) in [6.45, 7) is 5.48. The van der Waals surface area contributed by atoms with E-state index in [-0.39, 0.29) is 6.04 Å². The van der Waals surface area contributed by atoms with Crippen molar-refractivity contribution in [3.05, 3.63) is 22.6 Å². The van der Waals surface area contributed by atoms with Crippen LogP contribution < -0.4 is 5.73 Å². The van der Waals surface area contributed by atoms with E-state index < -0.39 is 0 Å². The number of furan rings is 1. The molecule has 0 bridgehead atoms. The molecule has 21 heavy (non-hydrogen) atoms. The fourth-order valence-corrected chi connectivity index (χ4v) is 4.12. The van der Waals surface area contributed by atoms with Gasteiger partial charge < -0.3 is 15.1 Å². The highest BCUT2D eigenvalue weighted by Crippen LogP contribution is 2.29. The Morgan fingerprint density at radius 3 is 2.43 bits per heavy atom. The number of hydrogen-bond donors (Lipinski definition) is 1. The second-order valence-electron chi connectivity index (χ2n) is 6.26. The molecule has 2 aliphatic rings. The second kappa shape index (κ2) is 7.27. The van der Waals surface area contributed by atoms with Crippen LogP contribution in [-0.2, 0) is 0 Å². The van der Waals surface area contributed by atoms with Crippen LogP contribution in [0.1, 0.15) is 43.9 Å². The largest absolute Gasteiger partial charge is 0.453 e. The normalized spacial score (nSPS) is 24.3. The van der Waals surface area contributed by atoms with Gasteiger partial charge in [-0.15, -0.1) is 0 Å². The average Bonchev–Trinajstić information content (AvgIpc) is 2.96. The van der Waals surface area contributed by atoms with Crippen molar-refractivity contribution in [2.24, 2.45) is 5.73 Å². The number of piperidine rings is 2. The van der Waals surface area contributed by atoms with Crippen molar-refractivity contribution in [1.82, 2.24) is 9.80 Å². The van der Waals surface area contributed by atoms with Crippen molar-refractivity contribution < 1.29 is 4.42 Å². The molecule has 1 atom stereocenters. The van der Waals surface area contributed by atoms with Gasteiger partial charge in [0.25, 0.3) is 0 Å². The van der Waals surface area contributed by atoms with E-state index in [2.05, 4.69) is 25.7 Å². The lowest BCUT2D eigenvalue weighted by Gasteiger charge is -2.42. The molecule has 3 rings (SSSR count). The number of hydrogen-bond acceptors (Lipinski definition) is 4. The topological polar surface area (TPSA) is 45.6 Å². The van der Waals surface area contributed by atoms with Crippen LogP contribution in [0.15, 0.2) is 21.2 Å². The van der Waals surface area contributed by atoms with Gasteiger partial charge in [-0.2, -0.15) is 0 Å². The van der Waals surface area contributed by atoms with Crippen LogP contribution in [0.4, 0.5) is 0 Å². The number of nitrogens with zero attached hydrogens (tertiary/aromatic N) is 2. The Morgan fingerprint density at radius 2 is 1.86 bits per heavy atom. The molecule has 0 radical (unpaired) electrons. The van der Waals surface area contributed by atoms with Crippen LogP contribution in [-0.4, -0.2) is 48.6 Å². The Labute approximate surface area is 135 Å². The molecule has 0 amide bonds. The van der Waals surface area contributed by atoms with Crippen LogP contribution >= 0.6 is 15.9 Å². The third-order valence-electron chi connectivity index (χ3n) is 4.99. The van der Waals surface area contributed by atoms with Gasteiger partial charge in [-0.25, -0.2) is 0 Å². The van der Waals surface area contributed by atoms with Gasteiger partial charge in [0.1, 0.15) is 5.76 Å². The van der Waals surface area contributed by atoms with E-state index in [9.17, 15) is 0 Å². The van der Waals surface area contributed by atoms with Crippen LogP contribution in [0, 0.1) is 0 Å². The van der Waals surface area contributed by atoms with E-state index in [0.717, 1.165) is 29.6 Å². The lowest BCUT2D eigenvalue weighted by Crippen LogP contribution is -2.48. The molecule has 1 aromatic heterocycles. The van der Waals surface area contributed by atoms with Gasteiger partial charge in [0.05, 0.1) is 6.04 Å². The Balaban J connectivity index is 1.56. The van der Waals surface area contributed by atoms with Gasteiger partial charge in [0.2, 0.25) is 0 Å². The number of halogens is 1. The zero-order chi connectivity index (χ0) is 14.7. The summed E-state index contributed by atoms with van der Waals surface area (Å²) in [4.78, 5) is 5.20. The lowest BCUT2D eigenvalue weighted by molar-refractivity contribution is 0.0680. The van der Waals surface area contributed by atoms with Gasteiger partial charge >= 0.3 is 0 Å². The molecule has 2 N–H and O–H groups in total. The first-order valence-electron chi connectivity index (χ1n) is 8.21. The van der Waals surface area contributed by atoms with Crippen molar-refractivity contribution in [3.8, 4) is 0 Å². The summed E-state index contributed by atoms with van der Waals surface area (Å²) in [6.07, 6.45) is 6.70. The fraction of sp³-hybridized carbons (Fsp3) is 0.750. The summed E-state index contributed by atoms with van der Waals surface area (Å²) in [5.41, 5.74) is 5.99. The monoisotopic (exact) mass is 355 g/mol. The summed E-state index contributed by atoms with van der Waals surface area (Å²) in [6, 6.07) is 5.00. The van der Waals surface area contributed by atoms with Crippen molar-refractivity contribution >= 4 is 15.9 Å². The van der Waals surface area contributed by atoms with Crippen molar-refractivity contribution in [2.45, 2.75) is 44.2 Å². The van der Waals surface area contributed by atoms with Gasteiger partial charge in [-0.3, -0.25) is 4.90 Å². The average molecular weight is 356 g/mol. The number of nitrogens with two attached hydrogens (primary N) is 1. The van der Waals surface area contributed by atoms with E-state index in [0.29, 0.717) is 6.54 Å². The van der Waals surface area contributed by atoms with E-state index in [4.69, 9.17) is 10.2 Å². The minimum absolute atomic E-state index is 0.221. The Hall–Kier alpha value is -0.360. The highest BCUT2D eigenvalue weighted by molar-refractivity contribution is 9.10. The first-order chi connectivity index (χ1) is 10.3. The van der Waals surface area contributed by atoms with Crippen LogP contribution in [0.25, 0.3) is 0 Å². The van der Waals surface area contributed by atoms with Crippen molar-refractivity contribution in [1.29, 1.82) is 0 Å². The molecule has 3 heterocycles. The molecular formula is C16H26BrN3O. The van der Waals surface area contributed by atoms with E-state index in [1.807, 2.05) is 12.1 Å². The number of rotatable bonds is 4. The standard InChI is InChI=1S/C16H26BrN3O/c17-16-5-4-15(21-16)14(12-18)20-10-6-13(7-11-20)19-8-2-1-3-9-19/h4-5,13-14H,1-3,6-12,18H2. The van der Waals surface area contributed by atoms with Gasteiger partial charge in [-0.1, -0.05) is 6.42 Å². The molecule has 2 aliphatic heterocycles. The molecule has 0 saturated carbocycles. The predicted molar refractivity (Wildman–Crippen MR) is 88.2 cm³/mol. The highest BCUT2D eigenvalue weighted by Gasteiger charge is 2.30. The van der Waals surface area contributed by atoms with Crippen molar-refractivity contribution in [2.75, 3.05) is 32.7 Å². The van der Waals surface area contributed by atoms with E-state index in [1.165, 1.54) is 45.2 Å². The van der Waals surface area contributed by atoms with Crippen LogP contribution in [0.5, 0.6) is 0 Å². The quantitative estimate of drug-likeness (QED) is 0.901. The summed E-state index contributed by atoms with van der Waals surface area (Å²) in [5.74, 6) is 0.987. The molecule has 5 heteroatoms. The molecule has 2 fully saturated rings. The second-order valence-corrected chi connectivity index (χ2v) is 7.04. The SMILES string of the molecule is NCC(c1ccc(Br)o1)N1CCC(N2CCCCC2)CC1. The van der Waals surface area contributed by atoms with E-state index in [1.54, 1.807) is 0 Å². The van der Waals surface area contributed by atoms with Gasteiger partial charge in [0, 0.05) is 25.7 Å². The molecule has 1 aromatic rings. The summed E-state index contributed by atoms with van der Waals surface area (Å²) < 4.78 is 6.51. The molecule has 2 saturated heterocycles. The molecule has 118 valence electrons. The summed E-state index contributed by atoms with van der Waals surface area (Å²) >= 11 is 3.38. The maximum absolute atomic E-state index is 5.99. The minimum atomic E-state index is 0.221. The third kappa shape index (κ3) is 3.70. The van der Waals surface area contributed by atoms with E-state index >= 15 is 0 Å². The maximum Gasteiger partial charge on any atom is 0.169 e. The Bertz CT molecular complexity index is 436. The fourth-order valence-electron chi connectivity index (χ4n) is 3.80. The Kier molecular flexibility index (Phi) is 5.38. The molecule has 0 aliphatic carbocycles. The zero-order valence-electron chi connectivity index (χ0n) is 12.6. The first-order valence-corrected chi connectivity index (χ1v) is 9.00. The zero-order valence-corrected chi connectivity index (χ0v) is 14.2. The summed E-state index contributed by atoms with van der Waals surface area (Å²) in [5, 5.41) is 0. The lowest BCUT2D eigenvalue weighted by atomic mass is 9.98. The minimum Gasteiger partial charge on any atom is -0.453 e. The highest BCUT2D eigenvalue weighted by atomic mass is 79.9. The molecule has 4 nitrogen and oxygen atoms in total. The van der Waals surface area contributed by atoms with Crippen molar-refractivity contribution in [3.63, 3.8) is 0 Å². The third-order valence-corrected chi connectivity index (χ3v) is 5.42. The first kappa shape index (κ1) is 15.5. The van der Waals surface area contributed by atoms with Crippen LogP contribution in [0.2, 0.25) is 0 Å². The molecular weight excluding hydrogens is 330 g/mol. The van der Waals surface area contributed by atoms with Gasteiger partial charge in [0.15, 0.2) is 4.67 Å². The Morgan fingerprint density at radius 1 is 1.14 bits per heavy atom. The number of likely N-dealkylation sites (tertiary alicyclic amines) is 2. The summed E-state index contributed by atoms with van der Waals surface area (Å²) in [7, 11) is 0. The maximum atomic E-state index is 5.99. The molecule has 0 aromatic carbocycles.